The third-order valence-electron chi connectivity index (χ3n) is 2.87. The van der Waals surface area contributed by atoms with Crippen LogP contribution in [0.3, 0.4) is 0 Å². The molecule has 8 heteroatoms. The van der Waals surface area contributed by atoms with Crippen LogP contribution in [0.15, 0.2) is 30.6 Å². The van der Waals surface area contributed by atoms with Gasteiger partial charge in [-0.25, -0.2) is 9.36 Å². The third kappa shape index (κ3) is 3.99. The number of hydrogen-bond acceptors (Lipinski definition) is 3. The summed E-state index contributed by atoms with van der Waals surface area (Å²) < 4.78 is 1.77. The molecule has 0 saturated carbocycles. The first-order valence-electron chi connectivity index (χ1n) is 5.28. The van der Waals surface area contributed by atoms with Gasteiger partial charge in [0.15, 0.2) is 24.5 Å². The van der Waals surface area contributed by atoms with Crippen LogP contribution in [-0.2, 0) is 16.1 Å². The van der Waals surface area contributed by atoms with Gasteiger partial charge in [0.05, 0.1) is 0 Å². The molecule has 1 aliphatic heterocycles. The maximum Gasteiger partial charge on any atom is 0.326 e. The molecule has 1 aliphatic rings. The van der Waals surface area contributed by atoms with Crippen LogP contribution in [0.5, 0.6) is 0 Å². The molecule has 19 heavy (non-hydrogen) atoms. The van der Waals surface area contributed by atoms with E-state index in [0.717, 1.165) is 0 Å². The first-order valence-corrected chi connectivity index (χ1v) is 5.28. The molecule has 1 saturated heterocycles. The topological polar surface area (TPSA) is 96.3 Å². The van der Waals surface area contributed by atoms with Crippen LogP contribution < -0.4 is 32.6 Å². The van der Waals surface area contributed by atoms with Gasteiger partial charge in [0.25, 0.3) is 0 Å². The van der Waals surface area contributed by atoms with Crippen LogP contribution in [0.1, 0.15) is 6.42 Å². The zero-order valence-electron chi connectivity index (χ0n) is 9.95. The monoisotopic (exact) mass is 395 g/mol. The van der Waals surface area contributed by atoms with Crippen LogP contribution in [0, 0.1) is 0 Å². The number of nitrogens with zero attached hydrogens (tertiary/aromatic N) is 1. The maximum absolute atomic E-state index is 11.7. The lowest BCUT2D eigenvalue weighted by molar-refractivity contribution is -0.701. The van der Waals surface area contributed by atoms with E-state index in [1.165, 1.54) is 0 Å². The lowest BCUT2D eigenvalue weighted by Gasteiger charge is -2.16. The summed E-state index contributed by atoms with van der Waals surface area (Å²) in [5.74, 6) is -1.47. The van der Waals surface area contributed by atoms with Crippen LogP contribution in [-0.4, -0.2) is 28.6 Å². The van der Waals surface area contributed by atoms with Gasteiger partial charge in [-0.1, -0.05) is 6.07 Å². The summed E-state index contributed by atoms with van der Waals surface area (Å²) in [6.07, 6.45) is 3.68. The zero-order valence-corrected chi connectivity index (χ0v) is 13.3. The van der Waals surface area contributed by atoms with Crippen molar-refractivity contribution in [3.8, 4) is 0 Å². The number of halogens is 2. The fourth-order valence-electron chi connectivity index (χ4n) is 1.96. The molecular weight excluding hydrogens is 382 g/mol. The number of carbonyl (C=O) groups excluding carboxylic acids is 1. The highest BCUT2D eigenvalue weighted by Crippen LogP contribution is 2.18. The summed E-state index contributed by atoms with van der Waals surface area (Å²) in [5, 5.41) is 11.2. The van der Waals surface area contributed by atoms with Gasteiger partial charge in [-0.2, -0.15) is 0 Å². The number of rotatable bonds is 3. The Hall–Kier alpha value is -0.990. The molecule has 6 nitrogen and oxygen atoms in total. The summed E-state index contributed by atoms with van der Waals surface area (Å²) in [7, 11) is 0. The molecular formula is C11H15Br2N3O3. The van der Waals surface area contributed by atoms with E-state index in [0.29, 0.717) is 0 Å². The first-order chi connectivity index (χ1) is 8.01. The first kappa shape index (κ1) is 18.0. The van der Waals surface area contributed by atoms with Crippen molar-refractivity contribution in [2.75, 3.05) is 0 Å². The molecule has 4 N–H and O–H groups in total. The molecule has 1 unspecified atom stereocenters. The summed E-state index contributed by atoms with van der Waals surface area (Å²) in [4.78, 5) is 22.5. The van der Waals surface area contributed by atoms with E-state index in [1.54, 1.807) is 17.0 Å². The smallest absolute Gasteiger partial charge is 0.326 e. The lowest BCUT2D eigenvalue weighted by Crippen LogP contribution is -3.00. The highest BCUT2D eigenvalue weighted by Gasteiger charge is 2.49. The van der Waals surface area contributed by atoms with Gasteiger partial charge in [0.2, 0.25) is 5.91 Å². The Labute approximate surface area is 131 Å². The van der Waals surface area contributed by atoms with E-state index in [1.807, 2.05) is 18.2 Å². The molecule has 0 spiro atoms. The molecule has 1 amide bonds. The Morgan fingerprint density at radius 2 is 2.05 bits per heavy atom. The van der Waals surface area contributed by atoms with Gasteiger partial charge in [0.1, 0.15) is 6.04 Å². The summed E-state index contributed by atoms with van der Waals surface area (Å²) in [6.45, 7) is 0.267. The molecule has 0 bridgehead atoms. The molecule has 0 radical (unpaired) electrons. The average molecular weight is 397 g/mol. The molecule has 1 fully saturated rings. The molecule has 0 aromatic carbocycles. The van der Waals surface area contributed by atoms with Gasteiger partial charge in [-0.05, 0) is 0 Å². The highest BCUT2D eigenvalue weighted by molar-refractivity contribution is 8.93. The maximum atomic E-state index is 11.7. The van der Waals surface area contributed by atoms with E-state index in [4.69, 9.17) is 10.8 Å². The molecule has 2 rings (SSSR count). The number of hydrogen-bond donors (Lipinski definition) is 3. The Kier molecular flexibility index (Phi) is 6.61. The number of carbonyl (C=O) groups is 2. The van der Waals surface area contributed by atoms with Crippen molar-refractivity contribution in [2.45, 2.75) is 24.5 Å². The number of aromatic nitrogens is 1. The van der Waals surface area contributed by atoms with Gasteiger partial charge in [-0.3, -0.25) is 4.79 Å². The lowest BCUT2D eigenvalue weighted by atomic mass is 9.96. The fraction of sp³-hybridized carbons (Fsp3) is 0.364. The minimum atomic E-state index is -1.16. The highest BCUT2D eigenvalue weighted by atomic mass is 79.9. The Bertz CT molecular complexity index is 458. The Morgan fingerprint density at radius 1 is 1.47 bits per heavy atom. The van der Waals surface area contributed by atoms with Crippen molar-refractivity contribution >= 4 is 28.9 Å². The Balaban J connectivity index is 0.00000162. The standard InChI is InChI=1S/C11H13N3O3.2BrH/c12-11(7-14-4-2-1-3-5-14)6-8(9(15)16)13-10(11)17;;/h1-5,8H,6-7,12H2,(H-,13,15,16,17);2*1H/t8?,11-;;/m0../s1. The summed E-state index contributed by atoms with van der Waals surface area (Å²) >= 11 is 0. The normalized spacial score (nSPS) is 24.9. The average Bonchev–Trinajstić information content (AvgIpc) is 2.57. The predicted molar refractivity (Wildman–Crippen MR) is 68.1 cm³/mol. The minimum Gasteiger partial charge on any atom is -1.00 e. The summed E-state index contributed by atoms with van der Waals surface area (Å²) in [5.41, 5.74) is 4.81. The molecule has 106 valence electrons. The van der Waals surface area contributed by atoms with E-state index in [-0.39, 0.29) is 46.9 Å². The van der Waals surface area contributed by atoms with Crippen molar-refractivity contribution in [1.29, 1.82) is 0 Å². The molecule has 2 heterocycles. The van der Waals surface area contributed by atoms with Crippen LogP contribution in [0.25, 0.3) is 0 Å². The third-order valence-corrected chi connectivity index (χ3v) is 2.87. The second kappa shape index (κ2) is 6.97. The molecule has 2 atom stereocenters. The second-order valence-corrected chi connectivity index (χ2v) is 4.27. The van der Waals surface area contributed by atoms with Gasteiger partial charge < -0.3 is 33.1 Å². The quantitative estimate of drug-likeness (QED) is 0.457. The van der Waals surface area contributed by atoms with Crippen molar-refractivity contribution in [3.05, 3.63) is 30.6 Å². The van der Waals surface area contributed by atoms with Crippen molar-refractivity contribution < 1.29 is 36.2 Å². The number of pyridine rings is 1. The van der Waals surface area contributed by atoms with Crippen LogP contribution in [0.4, 0.5) is 0 Å². The van der Waals surface area contributed by atoms with Crippen LogP contribution in [0.2, 0.25) is 0 Å². The van der Waals surface area contributed by atoms with E-state index in [2.05, 4.69) is 5.32 Å². The van der Waals surface area contributed by atoms with Crippen molar-refractivity contribution in [1.82, 2.24) is 5.32 Å². The molecule has 1 aromatic rings. The van der Waals surface area contributed by atoms with E-state index >= 15 is 0 Å². The van der Waals surface area contributed by atoms with Gasteiger partial charge in [-0.15, -0.1) is 17.0 Å². The fourth-order valence-corrected chi connectivity index (χ4v) is 1.96. The zero-order chi connectivity index (χ0) is 12.5. The van der Waals surface area contributed by atoms with Gasteiger partial charge >= 0.3 is 5.97 Å². The van der Waals surface area contributed by atoms with Crippen molar-refractivity contribution in [2.24, 2.45) is 5.73 Å². The van der Waals surface area contributed by atoms with Crippen LogP contribution >= 0.6 is 17.0 Å². The SMILES string of the molecule is Br.N[C@]1(C[n+]2ccccc2)CC(C(=O)O)NC1=O.[Br-]. The number of carboxylic acid groups (broad SMARTS) is 1. The number of nitrogens with two attached hydrogens (primary N) is 1. The van der Waals surface area contributed by atoms with Crippen molar-refractivity contribution in [3.63, 3.8) is 0 Å². The van der Waals surface area contributed by atoms with E-state index in [9.17, 15) is 9.59 Å². The molecule has 1 aromatic heterocycles. The number of carboxylic acids is 1. The molecule has 0 aliphatic carbocycles. The largest absolute Gasteiger partial charge is 1.00 e. The number of nitrogens with one attached hydrogen (secondary N) is 1. The Morgan fingerprint density at radius 3 is 2.53 bits per heavy atom. The second-order valence-electron chi connectivity index (χ2n) is 4.27. The minimum absolute atomic E-state index is 0. The van der Waals surface area contributed by atoms with Gasteiger partial charge in [0, 0.05) is 18.6 Å². The predicted octanol–water partition coefficient (Wildman–Crippen LogP) is -3.77. The number of aliphatic carboxylic acids is 1. The van der Waals surface area contributed by atoms with E-state index < -0.39 is 23.5 Å². The number of amides is 1. The summed E-state index contributed by atoms with van der Waals surface area (Å²) in [6, 6.07) is 4.61.